The molecular formula is C46H74O23. The van der Waals surface area contributed by atoms with E-state index in [9.17, 15) is 76.3 Å². The van der Waals surface area contributed by atoms with Crippen LogP contribution >= 0.6 is 0 Å². The van der Waals surface area contributed by atoms with Crippen molar-refractivity contribution >= 4 is 5.97 Å². The molecule has 23 heteroatoms. The number of esters is 1. The summed E-state index contributed by atoms with van der Waals surface area (Å²) in [6.45, 7) is 5.53. The van der Waals surface area contributed by atoms with Crippen LogP contribution in [0.4, 0.5) is 0 Å². The van der Waals surface area contributed by atoms with Gasteiger partial charge in [0.25, 0.3) is 0 Å². The molecule has 4 saturated heterocycles. The van der Waals surface area contributed by atoms with E-state index in [1.807, 2.05) is 6.92 Å². The Hall–Kier alpha value is -1.63. The van der Waals surface area contributed by atoms with E-state index in [0.29, 0.717) is 56.9 Å². The Morgan fingerprint density at radius 1 is 0.565 bits per heavy atom. The summed E-state index contributed by atoms with van der Waals surface area (Å²) in [5.41, 5.74) is -1.75. The SMILES string of the molecule is C=C1CC23CCC4C(C(C)CCCC4(C)C(=O)OC4OC(CO)C(O)C(O)C4O)C2CCC1(OC1OC(CO)C(O)C(OC2OC(CO)C(O)C(O)C2O)C1OC1OC(CO)C(O)C(O)C1O)CC3. The number of fused-ring (bicyclic) bond motifs is 4. The molecule has 0 aromatic rings. The molecular weight excluding hydrogens is 920 g/mol. The van der Waals surface area contributed by atoms with Gasteiger partial charge in [-0.25, -0.2) is 0 Å². The topological polar surface area (TPSA) is 374 Å². The third-order valence-electron chi connectivity index (χ3n) is 17.6. The molecule has 27 atom stereocenters. The number of aliphatic hydroxyl groups excluding tert-OH is 14. The van der Waals surface area contributed by atoms with Crippen molar-refractivity contribution in [3.05, 3.63) is 12.2 Å². The van der Waals surface area contributed by atoms with Crippen LogP contribution in [-0.2, 0) is 42.7 Å². The van der Waals surface area contributed by atoms with E-state index in [2.05, 4.69) is 13.5 Å². The molecule has 2 bridgehead atoms. The fourth-order valence-corrected chi connectivity index (χ4v) is 13.4. The Balaban J connectivity index is 1.08. The maximum absolute atomic E-state index is 14.5. The number of ether oxygens (including phenoxy) is 8. The highest BCUT2D eigenvalue weighted by Crippen LogP contribution is 2.67. The molecule has 9 aliphatic rings. The van der Waals surface area contributed by atoms with Crippen molar-refractivity contribution in [2.45, 2.75) is 206 Å². The predicted octanol–water partition coefficient (Wildman–Crippen LogP) is -4.48. The van der Waals surface area contributed by atoms with E-state index in [1.165, 1.54) is 0 Å². The molecule has 14 N–H and O–H groups in total. The standard InChI is InChI=1S/C46H74O23/c1-18-5-4-8-44(3,43(61)68-41-36(60)33(57)29(53)24(16-49)64-41)20-6-9-45-11-12-46(19(2)13-45,10-7-21(45)26(18)20)69-42-38(67-40-35(59)32(56)28(52)23(15-48)63-40)37(30(54)25(17-50)65-42)66-39-34(58)31(55)27(51)22(14-47)62-39/h18,20-42,47-60H,2,4-17H2,1,3H3. The van der Waals surface area contributed by atoms with Gasteiger partial charge >= 0.3 is 5.97 Å². The lowest BCUT2D eigenvalue weighted by molar-refractivity contribution is -0.399. The lowest BCUT2D eigenvalue weighted by Gasteiger charge is -2.57. The van der Waals surface area contributed by atoms with Gasteiger partial charge in [-0.15, -0.1) is 0 Å². The van der Waals surface area contributed by atoms with Crippen LogP contribution in [0.1, 0.15) is 78.1 Å². The Morgan fingerprint density at radius 3 is 1.58 bits per heavy atom. The number of hydrogen-bond acceptors (Lipinski definition) is 23. The van der Waals surface area contributed by atoms with Gasteiger partial charge in [0, 0.05) is 0 Å². The van der Waals surface area contributed by atoms with Gasteiger partial charge in [0.15, 0.2) is 18.9 Å². The van der Waals surface area contributed by atoms with E-state index in [-0.39, 0.29) is 29.1 Å². The summed E-state index contributed by atoms with van der Waals surface area (Å²) >= 11 is 0. The zero-order valence-corrected chi connectivity index (χ0v) is 38.9. The first kappa shape index (κ1) is 53.7. The highest BCUT2D eigenvalue weighted by atomic mass is 16.8. The first-order chi connectivity index (χ1) is 32.7. The molecule has 9 fully saturated rings. The van der Waals surface area contributed by atoms with Crippen molar-refractivity contribution < 1.29 is 114 Å². The summed E-state index contributed by atoms with van der Waals surface area (Å²) in [5.74, 6) is -0.609. The summed E-state index contributed by atoms with van der Waals surface area (Å²) < 4.78 is 48.5. The molecule has 396 valence electrons. The minimum Gasteiger partial charge on any atom is -0.432 e. The van der Waals surface area contributed by atoms with Gasteiger partial charge in [-0.05, 0) is 93.0 Å². The van der Waals surface area contributed by atoms with Gasteiger partial charge in [0.2, 0.25) is 6.29 Å². The second kappa shape index (κ2) is 20.9. The fourth-order valence-electron chi connectivity index (χ4n) is 13.4. The first-order valence-electron chi connectivity index (χ1n) is 24.4. The van der Waals surface area contributed by atoms with Crippen LogP contribution in [0.25, 0.3) is 0 Å². The van der Waals surface area contributed by atoms with Crippen LogP contribution in [0.15, 0.2) is 12.2 Å². The predicted molar refractivity (Wildman–Crippen MR) is 228 cm³/mol. The van der Waals surface area contributed by atoms with Gasteiger partial charge in [0.1, 0.15) is 97.7 Å². The van der Waals surface area contributed by atoms with Crippen LogP contribution in [0.3, 0.4) is 0 Å². The Bertz CT molecular complexity index is 1770. The Kier molecular flexibility index (Phi) is 16.3. The molecule has 1 spiro atoms. The largest absolute Gasteiger partial charge is 0.432 e. The summed E-state index contributed by atoms with van der Waals surface area (Å²) in [6, 6.07) is 0. The lowest BCUT2D eigenvalue weighted by Crippen LogP contribution is -2.68. The molecule has 23 nitrogen and oxygen atoms in total. The Morgan fingerprint density at radius 2 is 1.04 bits per heavy atom. The van der Waals surface area contributed by atoms with Crippen LogP contribution in [0.5, 0.6) is 0 Å². The van der Waals surface area contributed by atoms with Crippen molar-refractivity contribution in [2.75, 3.05) is 26.4 Å². The van der Waals surface area contributed by atoms with Crippen molar-refractivity contribution in [1.82, 2.24) is 0 Å². The molecule has 27 unspecified atom stereocenters. The number of carbonyl (C=O) groups excluding carboxylic acids is 1. The van der Waals surface area contributed by atoms with Crippen LogP contribution in [-0.4, -0.2) is 232 Å². The molecule has 0 amide bonds. The number of rotatable bonds is 12. The molecule has 9 rings (SSSR count). The maximum Gasteiger partial charge on any atom is 0.314 e. The quantitative estimate of drug-likeness (QED) is 0.0647. The van der Waals surface area contributed by atoms with Crippen LogP contribution in [0.2, 0.25) is 0 Å². The zero-order valence-electron chi connectivity index (χ0n) is 38.9. The average molecular weight is 995 g/mol. The van der Waals surface area contributed by atoms with Crippen molar-refractivity contribution in [3.8, 4) is 0 Å². The second-order valence-corrected chi connectivity index (χ2v) is 21.3. The third-order valence-corrected chi connectivity index (χ3v) is 17.6. The monoisotopic (exact) mass is 994 g/mol. The highest BCUT2D eigenvalue weighted by molar-refractivity contribution is 5.77. The van der Waals surface area contributed by atoms with Gasteiger partial charge in [-0.3, -0.25) is 4.79 Å². The molecule has 0 radical (unpaired) electrons. The fraction of sp³-hybridized carbons (Fsp3) is 0.935. The second-order valence-electron chi connectivity index (χ2n) is 21.3. The lowest BCUT2D eigenvalue weighted by atomic mass is 9.48. The van der Waals surface area contributed by atoms with Gasteiger partial charge in [-0.1, -0.05) is 26.3 Å². The maximum atomic E-state index is 14.5. The van der Waals surface area contributed by atoms with E-state index in [4.69, 9.17) is 37.9 Å². The van der Waals surface area contributed by atoms with Gasteiger partial charge in [-0.2, -0.15) is 0 Å². The van der Waals surface area contributed by atoms with E-state index < -0.39 is 166 Å². The molecule has 0 aromatic carbocycles. The minimum atomic E-state index is -1.96. The molecule has 5 saturated carbocycles. The van der Waals surface area contributed by atoms with Crippen molar-refractivity contribution in [1.29, 1.82) is 0 Å². The first-order valence-corrected chi connectivity index (χ1v) is 24.4. The summed E-state index contributed by atoms with van der Waals surface area (Å²) in [7, 11) is 0. The summed E-state index contributed by atoms with van der Waals surface area (Å²) in [4.78, 5) is 14.5. The average Bonchev–Trinajstić information content (AvgIpc) is 3.64. The highest BCUT2D eigenvalue weighted by Gasteiger charge is 2.64. The number of hydrogen-bond donors (Lipinski definition) is 14. The molecule has 4 aliphatic heterocycles. The smallest absolute Gasteiger partial charge is 0.314 e. The van der Waals surface area contributed by atoms with Gasteiger partial charge in [0.05, 0.1) is 37.4 Å². The Labute approximate surface area is 399 Å². The van der Waals surface area contributed by atoms with E-state index in [0.717, 1.165) is 12.8 Å². The van der Waals surface area contributed by atoms with E-state index >= 15 is 0 Å². The van der Waals surface area contributed by atoms with Gasteiger partial charge < -0.3 is 109 Å². The van der Waals surface area contributed by atoms with Crippen molar-refractivity contribution in [2.24, 2.45) is 34.5 Å². The molecule has 0 aromatic heterocycles. The minimum absolute atomic E-state index is 0.00580. The number of aliphatic hydroxyl groups is 14. The molecule has 5 aliphatic carbocycles. The summed E-state index contributed by atoms with van der Waals surface area (Å²) in [5, 5.41) is 148. The number of carbonyl (C=O) groups is 1. The van der Waals surface area contributed by atoms with Crippen LogP contribution < -0.4 is 0 Å². The van der Waals surface area contributed by atoms with Crippen LogP contribution in [0, 0.1) is 34.5 Å². The zero-order chi connectivity index (χ0) is 50.1. The normalized spacial score (nSPS) is 53.7. The third kappa shape index (κ3) is 9.47. The molecule has 4 heterocycles. The van der Waals surface area contributed by atoms with Crippen molar-refractivity contribution in [3.63, 3.8) is 0 Å². The molecule has 69 heavy (non-hydrogen) atoms. The summed E-state index contributed by atoms with van der Waals surface area (Å²) in [6.07, 6.45) is -28.2. The van der Waals surface area contributed by atoms with E-state index in [1.54, 1.807) is 0 Å².